The average molecular weight is 442 g/mol. The Balaban J connectivity index is 3.02. The molecule has 1 rings (SSSR count). The van der Waals surface area contributed by atoms with Gasteiger partial charge >= 0.3 is 0 Å². The van der Waals surface area contributed by atoms with E-state index < -0.39 is 6.10 Å². The summed E-state index contributed by atoms with van der Waals surface area (Å²) in [5.41, 5.74) is 0. The quantitative estimate of drug-likeness (QED) is 0.401. The van der Waals surface area contributed by atoms with E-state index in [1.54, 1.807) is 38.0 Å². The minimum absolute atomic E-state index is 0.0744. The highest BCUT2D eigenvalue weighted by atomic mass is 16.5. The summed E-state index contributed by atoms with van der Waals surface area (Å²) in [6, 6.07) is -0.485. The second-order valence-corrected chi connectivity index (χ2v) is 8.35. The topological polar surface area (TPSA) is 105 Å². The van der Waals surface area contributed by atoms with Crippen molar-refractivity contribution in [2.45, 2.75) is 70.7 Å². The van der Waals surface area contributed by atoms with Crippen molar-refractivity contribution in [1.29, 1.82) is 0 Å². The SMILES string of the molecule is CC[C@H](C)C([C@@H](CC(=O)N1CCC[C@H]1[C@H](OC)[C@@H](C)C=O)OC)N(C)C(=O)CNC=O. The van der Waals surface area contributed by atoms with Gasteiger partial charge in [0.1, 0.15) is 6.29 Å². The number of hydrogen-bond acceptors (Lipinski definition) is 6. The number of hydrogen-bond donors (Lipinski definition) is 1. The Morgan fingerprint density at radius 1 is 1.23 bits per heavy atom. The molecule has 0 radical (unpaired) electrons. The zero-order valence-corrected chi connectivity index (χ0v) is 19.7. The Kier molecular flexibility index (Phi) is 11.7. The lowest BCUT2D eigenvalue weighted by atomic mass is 9.90. The average Bonchev–Trinajstić information content (AvgIpc) is 3.26. The van der Waals surface area contributed by atoms with Crippen molar-refractivity contribution in [1.82, 2.24) is 15.1 Å². The number of amides is 3. The van der Waals surface area contributed by atoms with Crippen molar-refractivity contribution in [2.75, 3.05) is 34.4 Å². The van der Waals surface area contributed by atoms with Crippen molar-refractivity contribution in [3.05, 3.63) is 0 Å². The lowest BCUT2D eigenvalue weighted by Gasteiger charge is -2.39. The van der Waals surface area contributed by atoms with Gasteiger partial charge in [0, 0.05) is 33.7 Å². The van der Waals surface area contributed by atoms with Crippen molar-refractivity contribution >= 4 is 24.5 Å². The fourth-order valence-electron chi connectivity index (χ4n) is 4.54. The molecule has 1 saturated heterocycles. The van der Waals surface area contributed by atoms with Gasteiger partial charge in [-0.2, -0.15) is 0 Å². The van der Waals surface area contributed by atoms with Crippen LogP contribution >= 0.6 is 0 Å². The lowest BCUT2D eigenvalue weighted by molar-refractivity contribution is -0.144. The van der Waals surface area contributed by atoms with Gasteiger partial charge in [-0.25, -0.2) is 0 Å². The predicted molar refractivity (Wildman–Crippen MR) is 116 cm³/mol. The van der Waals surface area contributed by atoms with Gasteiger partial charge in [0.2, 0.25) is 18.2 Å². The molecule has 1 heterocycles. The summed E-state index contributed by atoms with van der Waals surface area (Å²) >= 11 is 0. The van der Waals surface area contributed by atoms with Crippen molar-refractivity contribution in [2.24, 2.45) is 11.8 Å². The first-order valence-electron chi connectivity index (χ1n) is 11.0. The maximum Gasteiger partial charge on any atom is 0.242 e. The Bertz CT molecular complexity index is 602. The highest BCUT2D eigenvalue weighted by molar-refractivity contribution is 5.81. The van der Waals surface area contributed by atoms with Gasteiger partial charge in [0.15, 0.2) is 0 Å². The third-order valence-corrected chi connectivity index (χ3v) is 6.47. The van der Waals surface area contributed by atoms with Gasteiger partial charge in [0.25, 0.3) is 0 Å². The molecule has 0 aromatic rings. The molecular formula is C22H39N3O6. The van der Waals surface area contributed by atoms with Crippen LogP contribution < -0.4 is 5.32 Å². The first kappa shape index (κ1) is 27.0. The number of aldehydes is 1. The first-order valence-corrected chi connectivity index (χ1v) is 11.0. The number of methoxy groups -OCH3 is 2. The van der Waals surface area contributed by atoms with E-state index in [9.17, 15) is 19.2 Å². The van der Waals surface area contributed by atoms with Crippen LogP contribution in [0.15, 0.2) is 0 Å². The number of likely N-dealkylation sites (tertiary alicyclic amines) is 1. The van der Waals surface area contributed by atoms with Crippen molar-refractivity contribution in [3.63, 3.8) is 0 Å². The number of carbonyl (C=O) groups is 4. The van der Waals surface area contributed by atoms with Crippen LogP contribution in [0.5, 0.6) is 0 Å². The molecule has 0 spiro atoms. The van der Waals surface area contributed by atoms with Gasteiger partial charge in [0.05, 0.1) is 37.3 Å². The molecule has 6 atom stereocenters. The molecule has 9 nitrogen and oxygen atoms in total. The largest absolute Gasteiger partial charge is 0.379 e. The third-order valence-electron chi connectivity index (χ3n) is 6.47. The standard InChI is InChI=1S/C22H39N3O6/c1-7-15(2)21(24(4)20(29)12-23-14-27)18(30-5)11-19(28)25-10-8-9-17(25)22(31-6)16(3)13-26/h13-18,21-22H,7-12H2,1-6H3,(H,23,27)/t15-,16-,17-,18+,21?,22+/m0/s1. The van der Waals surface area contributed by atoms with Crippen molar-refractivity contribution < 1.29 is 28.7 Å². The summed E-state index contributed by atoms with van der Waals surface area (Å²) in [7, 11) is 4.78. The number of likely N-dealkylation sites (N-methyl/N-ethyl adjacent to an activating group) is 1. The molecule has 0 bridgehead atoms. The maximum atomic E-state index is 13.3. The molecular weight excluding hydrogens is 402 g/mol. The van der Waals surface area contributed by atoms with Crippen LogP contribution in [0.1, 0.15) is 46.5 Å². The van der Waals surface area contributed by atoms with E-state index in [2.05, 4.69) is 5.32 Å². The van der Waals surface area contributed by atoms with E-state index in [4.69, 9.17) is 9.47 Å². The molecule has 1 aliphatic rings. The van der Waals surface area contributed by atoms with Gasteiger partial charge in [-0.3, -0.25) is 14.4 Å². The van der Waals surface area contributed by atoms with E-state index in [1.165, 1.54) is 0 Å². The summed E-state index contributed by atoms with van der Waals surface area (Å²) in [6.45, 7) is 6.34. The van der Waals surface area contributed by atoms with Crippen LogP contribution in [0.4, 0.5) is 0 Å². The smallest absolute Gasteiger partial charge is 0.242 e. The normalized spacial score (nSPS) is 21.0. The molecule has 0 aliphatic carbocycles. The number of carbonyl (C=O) groups excluding carboxylic acids is 4. The molecule has 1 aliphatic heterocycles. The summed E-state index contributed by atoms with van der Waals surface area (Å²) in [6.07, 6.45) is 3.04. The van der Waals surface area contributed by atoms with Crippen LogP contribution in [0.25, 0.3) is 0 Å². The zero-order valence-electron chi connectivity index (χ0n) is 19.7. The summed E-state index contributed by atoms with van der Waals surface area (Å²) in [4.78, 5) is 51.0. The molecule has 0 aromatic heterocycles. The fourth-order valence-corrected chi connectivity index (χ4v) is 4.54. The van der Waals surface area contributed by atoms with E-state index in [0.29, 0.717) is 13.0 Å². The summed E-state index contributed by atoms with van der Waals surface area (Å²) < 4.78 is 11.3. The molecule has 1 fully saturated rings. The Morgan fingerprint density at radius 3 is 2.42 bits per heavy atom. The van der Waals surface area contributed by atoms with Gasteiger partial charge < -0.3 is 29.4 Å². The first-order chi connectivity index (χ1) is 14.8. The Morgan fingerprint density at radius 2 is 1.90 bits per heavy atom. The number of nitrogens with one attached hydrogen (secondary N) is 1. The Hall–Kier alpha value is -2.00. The monoisotopic (exact) mass is 441 g/mol. The molecule has 31 heavy (non-hydrogen) atoms. The fraction of sp³-hybridized carbons (Fsp3) is 0.818. The highest BCUT2D eigenvalue weighted by Gasteiger charge is 2.40. The maximum absolute atomic E-state index is 13.3. The highest BCUT2D eigenvalue weighted by Crippen LogP contribution is 2.28. The van der Waals surface area contributed by atoms with Crippen LogP contribution in [0.2, 0.25) is 0 Å². The molecule has 1 N–H and O–H groups in total. The van der Waals surface area contributed by atoms with Gasteiger partial charge in [-0.15, -0.1) is 0 Å². The van der Waals surface area contributed by atoms with Crippen molar-refractivity contribution in [3.8, 4) is 0 Å². The van der Waals surface area contributed by atoms with Crippen LogP contribution in [0.3, 0.4) is 0 Å². The minimum Gasteiger partial charge on any atom is -0.379 e. The second kappa shape index (κ2) is 13.4. The summed E-state index contributed by atoms with van der Waals surface area (Å²) in [5.74, 6) is -0.553. The molecule has 0 saturated carbocycles. The van der Waals surface area contributed by atoms with Gasteiger partial charge in [-0.05, 0) is 18.8 Å². The number of rotatable bonds is 14. The predicted octanol–water partition coefficient (Wildman–Crippen LogP) is 0.852. The van der Waals surface area contributed by atoms with E-state index in [0.717, 1.165) is 25.5 Å². The number of ether oxygens (including phenoxy) is 2. The van der Waals surface area contributed by atoms with Gasteiger partial charge in [-0.1, -0.05) is 27.2 Å². The van der Waals surface area contributed by atoms with E-state index in [-0.39, 0.29) is 54.8 Å². The second-order valence-electron chi connectivity index (χ2n) is 8.35. The third kappa shape index (κ3) is 7.00. The summed E-state index contributed by atoms with van der Waals surface area (Å²) in [5, 5.41) is 2.39. The Labute approximate surface area is 185 Å². The minimum atomic E-state index is -0.502. The van der Waals surface area contributed by atoms with Crippen LogP contribution in [-0.2, 0) is 28.7 Å². The molecule has 9 heteroatoms. The lowest BCUT2D eigenvalue weighted by Crippen LogP contribution is -2.53. The molecule has 3 amide bonds. The van der Waals surface area contributed by atoms with E-state index >= 15 is 0 Å². The van der Waals surface area contributed by atoms with Crippen LogP contribution in [0, 0.1) is 11.8 Å². The van der Waals surface area contributed by atoms with Crippen LogP contribution in [-0.4, -0.2) is 93.0 Å². The van der Waals surface area contributed by atoms with E-state index in [1.807, 2.05) is 13.8 Å². The molecule has 178 valence electrons. The number of nitrogens with zero attached hydrogens (tertiary/aromatic N) is 2. The molecule has 0 aromatic carbocycles. The zero-order chi connectivity index (χ0) is 23.6. The molecule has 1 unspecified atom stereocenters.